The number of allylic oxidation sites excluding steroid dienone is 1. The molecule has 1 unspecified atom stereocenters. The van der Waals surface area contributed by atoms with Crippen molar-refractivity contribution in [3.05, 3.63) is 59.3 Å². The monoisotopic (exact) mass is 270 g/mol. The van der Waals surface area contributed by atoms with Crippen molar-refractivity contribution in [3.63, 3.8) is 0 Å². The summed E-state index contributed by atoms with van der Waals surface area (Å²) in [6.45, 7) is 1.50. The van der Waals surface area contributed by atoms with Gasteiger partial charge in [-0.1, -0.05) is 24.3 Å². The summed E-state index contributed by atoms with van der Waals surface area (Å²) in [6.07, 6.45) is 6.76. The minimum Gasteiger partial charge on any atom is -0.322 e. The third kappa shape index (κ3) is 3.42. The predicted octanol–water partition coefficient (Wildman–Crippen LogP) is 2.05. The molecule has 2 rings (SSSR count). The van der Waals surface area contributed by atoms with Crippen LogP contribution in [0, 0.1) is 0 Å². The number of rotatable bonds is 4. The van der Waals surface area contributed by atoms with Gasteiger partial charge in [-0.3, -0.25) is 9.59 Å². The molecule has 0 saturated heterocycles. The number of amides is 1. The second-order valence-electron chi connectivity index (χ2n) is 4.74. The molecule has 1 aliphatic carbocycles. The minimum absolute atomic E-state index is 0.00649. The Balaban J connectivity index is 2.00. The van der Waals surface area contributed by atoms with Crippen molar-refractivity contribution in [1.82, 2.24) is 10.6 Å². The lowest BCUT2D eigenvalue weighted by Gasteiger charge is -2.15. The summed E-state index contributed by atoms with van der Waals surface area (Å²) in [4.78, 5) is 23.2. The maximum atomic E-state index is 12.1. The highest BCUT2D eigenvalue weighted by molar-refractivity contribution is 5.98. The summed E-state index contributed by atoms with van der Waals surface area (Å²) in [5.41, 5.74) is 1.95. The highest BCUT2D eigenvalue weighted by Gasteiger charge is 2.10. The van der Waals surface area contributed by atoms with Crippen LogP contribution in [0.1, 0.15) is 34.1 Å². The topological polar surface area (TPSA) is 58.2 Å². The molecule has 1 atom stereocenters. The molecule has 2 N–H and O–H groups in total. The Bertz CT molecular complexity index is 571. The van der Waals surface area contributed by atoms with E-state index < -0.39 is 0 Å². The first-order valence-electron chi connectivity index (χ1n) is 6.58. The number of ketones is 1. The van der Waals surface area contributed by atoms with Gasteiger partial charge in [0.1, 0.15) is 0 Å². The molecule has 0 saturated carbocycles. The van der Waals surface area contributed by atoms with E-state index in [9.17, 15) is 9.59 Å². The number of carbonyl (C=O) groups excluding carboxylic acids is 2. The van der Waals surface area contributed by atoms with E-state index in [0.29, 0.717) is 17.2 Å². The maximum absolute atomic E-state index is 12.1. The van der Waals surface area contributed by atoms with Crippen molar-refractivity contribution >= 4 is 11.7 Å². The maximum Gasteiger partial charge on any atom is 0.255 e. The molecule has 0 aromatic heterocycles. The first-order chi connectivity index (χ1) is 9.60. The van der Waals surface area contributed by atoms with E-state index in [1.807, 2.05) is 25.3 Å². The van der Waals surface area contributed by atoms with E-state index in [0.717, 1.165) is 12.1 Å². The average molecular weight is 270 g/mol. The molecule has 4 heteroatoms. The number of hydrogen-bond acceptors (Lipinski definition) is 3. The normalized spacial score (nSPS) is 17.5. The van der Waals surface area contributed by atoms with Crippen LogP contribution in [0.3, 0.4) is 0 Å². The van der Waals surface area contributed by atoms with Gasteiger partial charge in [0, 0.05) is 22.9 Å². The number of Topliss-reactive ketones (excluding diaryl/α,β-unsaturated/α-hetero) is 1. The molecule has 0 heterocycles. The van der Waals surface area contributed by atoms with Crippen LogP contribution in [0.25, 0.3) is 0 Å². The predicted molar refractivity (Wildman–Crippen MR) is 78.6 cm³/mol. The van der Waals surface area contributed by atoms with Crippen molar-refractivity contribution < 1.29 is 9.59 Å². The van der Waals surface area contributed by atoms with E-state index in [1.165, 1.54) is 6.92 Å². The highest BCUT2D eigenvalue weighted by Crippen LogP contribution is 2.10. The number of hydrogen-bond donors (Lipinski definition) is 2. The summed E-state index contributed by atoms with van der Waals surface area (Å²) in [5, 5.41) is 6.00. The summed E-state index contributed by atoms with van der Waals surface area (Å²) in [7, 11) is 1.91. The van der Waals surface area contributed by atoms with Crippen molar-refractivity contribution in [1.29, 1.82) is 0 Å². The van der Waals surface area contributed by atoms with Crippen LogP contribution in [-0.2, 0) is 0 Å². The fourth-order valence-electron chi connectivity index (χ4n) is 1.99. The second kappa shape index (κ2) is 6.30. The van der Waals surface area contributed by atoms with Crippen LogP contribution in [-0.4, -0.2) is 24.8 Å². The smallest absolute Gasteiger partial charge is 0.255 e. The standard InChI is InChI=1S/C16H18N2O2/c1-11(19)12-3-5-13(6-4-12)16(20)18-15-9-7-14(17-2)8-10-15/h3-7,9-10,14,17H,8H2,1-2H3,(H,18,20). The van der Waals surface area contributed by atoms with Gasteiger partial charge < -0.3 is 10.6 Å². The van der Waals surface area contributed by atoms with E-state index in [1.54, 1.807) is 24.3 Å². The average Bonchev–Trinajstić information content (AvgIpc) is 2.48. The molecule has 0 radical (unpaired) electrons. The largest absolute Gasteiger partial charge is 0.322 e. The Kier molecular flexibility index (Phi) is 4.48. The zero-order valence-electron chi connectivity index (χ0n) is 11.6. The molecule has 104 valence electrons. The Labute approximate surface area is 118 Å². The van der Waals surface area contributed by atoms with Gasteiger partial charge in [-0.15, -0.1) is 0 Å². The highest BCUT2D eigenvalue weighted by atomic mass is 16.1. The van der Waals surface area contributed by atoms with Crippen LogP contribution in [0.4, 0.5) is 0 Å². The van der Waals surface area contributed by atoms with Gasteiger partial charge in [0.2, 0.25) is 0 Å². The quantitative estimate of drug-likeness (QED) is 0.823. The number of likely N-dealkylation sites (N-methyl/N-ethyl adjacent to an activating group) is 1. The molecule has 20 heavy (non-hydrogen) atoms. The lowest BCUT2D eigenvalue weighted by Crippen LogP contribution is -2.27. The van der Waals surface area contributed by atoms with Crippen molar-refractivity contribution in [2.24, 2.45) is 0 Å². The number of nitrogens with one attached hydrogen (secondary N) is 2. The van der Waals surface area contributed by atoms with Crippen molar-refractivity contribution in [3.8, 4) is 0 Å². The first-order valence-corrected chi connectivity index (χ1v) is 6.58. The van der Waals surface area contributed by atoms with Gasteiger partial charge in [-0.2, -0.15) is 0 Å². The van der Waals surface area contributed by atoms with Gasteiger partial charge in [0.25, 0.3) is 5.91 Å². The molecule has 1 amide bonds. The van der Waals surface area contributed by atoms with E-state index in [2.05, 4.69) is 10.6 Å². The van der Waals surface area contributed by atoms with Gasteiger partial charge in [0.05, 0.1) is 0 Å². The molecular formula is C16H18N2O2. The lowest BCUT2D eigenvalue weighted by molar-refractivity contribution is 0.0964. The molecular weight excluding hydrogens is 252 g/mol. The fraction of sp³-hybridized carbons (Fsp3) is 0.250. The van der Waals surface area contributed by atoms with E-state index in [-0.39, 0.29) is 11.7 Å². The SMILES string of the molecule is CNC1C=CC(NC(=O)c2ccc(C(C)=O)cc2)=CC1. The van der Waals surface area contributed by atoms with Gasteiger partial charge >= 0.3 is 0 Å². The van der Waals surface area contributed by atoms with Gasteiger partial charge in [-0.25, -0.2) is 0 Å². The van der Waals surface area contributed by atoms with Gasteiger partial charge in [0.15, 0.2) is 5.78 Å². The first kappa shape index (κ1) is 14.2. The second-order valence-corrected chi connectivity index (χ2v) is 4.74. The number of carbonyl (C=O) groups is 2. The fourth-order valence-corrected chi connectivity index (χ4v) is 1.99. The molecule has 4 nitrogen and oxygen atoms in total. The van der Waals surface area contributed by atoms with Gasteiger partial charge in [-0.05, 0) is 38.6 Å². The van der Waals surface area contributed by atoms with Crippen LogP contribution in [0.15, 0.2) is 48.2 Å². The molecule has 0 spiro atoms. The van der Waals surface area contributed by atoms with E-state index in [4.69, 9.17) is 0 Å². The minimum atomic E-state index is -0.168. The van der Waals surface area contributed by atoms with Crippen LogP contribution in [0.2, 0.25) is 0 Å². The zero-order chi connectivity index (χ0) is 14.5. The summed E-state index contributed by atoms with van der Waals surface area (Å²) in [5.74, 6) is -0.174. The van der Waals surface area contributed by atoms with E-state index >= 15 is 0 Å². The van der Waals surface area contributed by atoms with Crippen molar-refractivity contribution in [2.75, 3.05) is 7.05 Å². The molecule has 0 bridgehead atoms. The molecule has 0 fully saturated rings. The van der Waals surface area contributed by atoms with Crippen molar-refractivity contribution in [2.45, 2.75) is 19.4 Å². The Morgan fingerprint density at radius 3 is 2.30 bits per heavy atom. The number of benzene rings is 1. The Morgan fingerprint density at radius 2 is 1.80 bits per heavy atom. The third-order valence-corrected chi connectivity index (χ3v) is 3.28. The summed E-state index contributed by atoms with van der Waals surface area (Å²) in [6, 6.07) is 6.98. The lowest BCUT2D eigenvalue weighted by atomic mass is 10.1. The zero-order valence-corrected chi connectivity index (χ0v) is 11.6. The Hall–Kier alpha value is -2.20. The van der Waals surface area contributed by atoms with Crippen LogP contribution >= 0.6 is 0 Å². The summed E-state index contributed by atoms with van der Waals surface area (Å²) >= 11 is 0. The summed E-state index contributed by atoms with van der Waals surface area (Å²) < 4.78 is 0. The molecule has 1 aromatic carbocycles. The third-order valence-electron chi connectivity index (χ3n) is 3.28. The van der Waals surface area contributed by atoms with Crippen LogP contribution in [0.5, 0.6) is 0 Å². The Morgan fingerprint density at radius 1 is 1.15 bits per heavy atom. The molecule has 0 aliphatic heterocycles. The molecule has 1 aromatic rings. The molecule has 1 aliphatic rings. The van der Waals surface area contributed by atoms with Crippen LogP contribution < -0.4 is 10.6 Å².